The van der Waals surface area contributed by atoms with E-state index in [0.29, 0.717) is 23.9 Å². The quantitative estimate of drug-likeness (QED) is 0.0243. The standard InChI is InChI=1S/C66H119N2O6P/c1-6-8-10-12-14-16-18-20-22-24-26-27-28-29-30-31-32-33-34-35-36-37-38-39-40-41-42-44-46-48-50-52-54-56-58-60-66(70)67-64(63-74-75(71,72)73-62-61-68(3,4)5)65(69)59-57-55-53-51-49-47-45-43-25-23-21-19-17-15-13-11-9-7-2/h8,10,14,16,20,22,26-27,29-30,32-33,35-36,38-39,64-65,69H,6-7,9,11-13,15,17-19,21,23-25,28,31,34,37,40-63H2,1-5H3,(H-,67,70,71,72)/p+1/b10-8-,16-14-,22-20-,27-26-,30-29-,33-32-,36-35-,39-38-. The number of aliphatic hydroxyl groups excluding tert-OH is 1. The van der Waals surface area contributed by atoms with Crippen molar-refractivity contribution in [1.29, 1.82) is 0 Å². The molecular weight excluding hydrogens is 948 g/mol. The first-order chi connectivity index (χ1) is 36.5. The Balaban J connectivity index is 4.12. The molecule has 0 aliphatic heterocycles. The van der Waals surface area contributed by atoms with Gasteiger partial charge in [0.2, 0.25) is 5.91 Å². The first kappa shape index (κ1) is 72.4. The summed E-state index contributed by atoms with van der Waals surface area (Å²) in [5.74, 6) is -0.151. The first-order valence-electron chi connectivity index (χ1n) is 31.1. The first-order valence-corrected chi connectivity index (χ1v) is 32.6. The molecule has 3 N–H and O–H groups in total. The van der Waals surface area contributed by atoms with E-state index in [1.165, 1.54) is 141 Å². The Morgan fingerprint density at radius 3 is 1.17 bits per heavy atom. The fourth-order valence-corrected chi connectivity index (χ4v) is 9.51. The van der Waals surface area contributed by atoms with Crippen molar-refractivity contribution in [2.45, 2.75) is 276 Å². The van der Waals surface area contributed by atoms with Gasteiger partial charge in [0.05, 0.1) is 39.9 Å². The van der Waals surface area contributed by atoms with Crippen molar-refractivity contribution in [3.63, 3.8) is 0 Å². The van der Waals surface area contributed by atoms with Gasteiger partial charge in [0.25, 0.3) is 0 Å². The van der Waals surface area contributed by atoms with Crippen LogP contribution in [0.4, 0.5) is 0 Å². The third kappa shape index (κ3) is 58.9. The van der Waals surface area contributed by atoms with Crippen LogP contribution in [-0.4, -0.2) is 73.4 Å². The molecule has 0 aliphatic carbocycles. The van der Waals surface area contributed by atoms with Gasteiger partial charge in [0.15, 0.2) is 0 Å². The maximum Gasteiger partial charge on any atom is 0.472 e. The number of quaternary nitrogens is 1. The minimum absolute atomic E-state index is 0.0702. The number of hydrogen-bond acceptors (Lipinski definition) is 5. The van der Waals surface area contributed by atoms with E-state index in [-0.39, 0.29) is 19.1 Å². The molecule has 0 aromatic carbocycles. The van der Waals surface area contributed by atoms with Crippen molar-refractivity contribution in [2.75, 3.05) is 40.9 Å². The molecule has 0 saturated heterocycles. The van der Waals surface area contributed by atoms with Crippen molar-refractivity contribution in [3.05, 3.63) is 97.2 Å². The topological polar surface area (TPSA) is 105 Å². The largest absolute Gasteiger partial charge is 0.472 e. The molecule has 1 amide bonds. The molecule has 0 fully saturated rings. The maximum absolute atomic E-state index is 13.0. The van der Waals surface area contributed by atoms with Gasteiger partial charge >= 0.3 is 7.82 Å². The van der Waals surface area contributed by atoms with Crippen LogP contribution < -0.4 is 5.32 Å². The number of unbranched alkanes of at least 4 members (excludes halogenated alkanes) is 27. The molecule has 0 heterocycles. The van der Waals surface area contributed by atoms with Crippen LogP contribution in [0, 0.1) is 0 Å². The zero-order valence-electron chi connectivity index (χ0n) is 49.5. The number of aliphatic hydroxyl groups is 1. The molecule has 0 aliphatic rings. The minimum Gasteiger partial charge on any atom is -0.391 e. The van der Waals surface area contributed by atoms with Gasteiger partial charge in [-0.1, -0.05) is 278 Å². The number of carbonyl (C=O) groups excluding carboxylic acids is 1. The van der Waals surface area contributed by atoms with Gasteiger partial charge in [-0.05, 0) is 77.0 Å². The molecule has 3 unspecified atom stereocenters. The Hall–Kier alpha value is -2.58. The summed E-state index contributed by atoms with van der Waals surface area (Å²) < 4.78 is 23.8. The van der Waals surface area contributed by atoms with E-state index < -0.39 is 20.0 Å². The summed E-state index contributed by atoms with van der Waals surface area (Å²) in [5.41, 5.74) is 0. The molecule has 0 radical (unpaired) electrons. The number of carbonyl (C=O) groups is 1. The second-order valence-corrected chi connectivity index (χ2v) is 23.5. The van der Waals surface area contributed by atoms with E-state index >= 15 is 0 Å². The minimum atomic E-state index is -4.33. The normalized spacial score (nSPS) is 14.5. The van der Waals surface area contributed by atoms with Crippen LogP contribution in [-0.2, 0) is 18.4 Å². The Morgan fingerprint density at radius 2 is 0.800 bits per heavy atom. The number of amides is 1. The Bertz CT molecular complexity index is 1540. The molecule has 0 saturated carbocycles. The zero-order chi connectivity index (χ0) is 54.9. The summed E-state index contributed by atoms with van der Waals surface area (Å²) in [6.07, 6.45) is 80.4. The lowest BCUT2D eigenvalue weighted by atomic mass is 10.0. The van der Waals surface area contributed by atoms with E-state index in [2.05, 4.69) is 116 Å². The number of hydrogen-bond donors (Lipinski definition) is 3. The molecule has 0 spiro atoms. The third-order valence-corrected chi connectivity index (χ3v) is 14.6. The molecule has 8 nitrogen and oxygen atoms in total. The van der Waals surface area contributed by atoms with Crippen LogP contribution in [0.15, 0.2) is 97.2 Å². The second kappa shape index (κ2) is 56.2. The van der Waals surface area contributed by atoms with E-state index in [1.54, 1.807) is 0 Å². The van der Waals surface area contributed by atoms with Crippen molar-refractivity contribution in [3.8, 4) is 0 Å². The molecular formula is C66H120N2O6P+. The molecule has 0 aromatic rings. The molecule has 0 aromatic heterocycles. The number of allylic oxidation sites excluding steroid dienone is 16. The number of phosphoric ester groups is 1. The molecule has 3 atom stereocenters. The zero-order valence-corrected chi connectivity index (χ0v) is 50.4. The second-order valence-electron chi connectivity index (χ2n) is 22.1. The Labute approximate surface area is 464 Å². The fraction of sp³-hybridized carbons (Fsp3) is 0.742. The highest BCUT2D eigenvalue weighted by atomic mass is 31.2. The fourth-order valence-electron chi connectivity index (χ4n) is 8.77. The van der Waals surface area contributed by atoms with E-state index in [4.69, 9.17) is 9.05 Å². The van der Waals surface area contributed by atoms with Crippen LogP contribution in [0.25, 0.3) is 0 Å². The van der Waals surface area contributed by atoms with E-state index in [0.717, 1.165) is 96.3 Å². The molecule has 434 valence electrons. The number of nitrogens with one attached hydrogen (secondary N) is 1. The number of nitrogens with zero attached hydrogens (tertiary/aromatic N) is 1. The van der Waals surface area contributed by atoms with Crippen LogP contribution in [0.5, 0.6) is 0 Å². The summed E-state index contributed by atoms with van der Waals surface area (Å²) in [6.45, 7) is 4.78. The number of likely N-dealkylation sites (N-methyl/N-ethyl adjacent to an activating group) is 1. The predicted octanol–water partition coefficient (Wildman–Crippen LogP) is 19.4. The van der Waals surface area contributed by atoms with Crippen LogP contribution >= 0.6 is 7.82 Å². The lowest BCUT2D eigenvalue weighted by molar-refractivity contribution is -0.870. The molecule has 0 bridgehead atoms. The van der Waals surface area contributed by atoms with Gasteiger partial charge in [0, 0.05) is 6.42 Å². The third-order valence-electron chi connectivity index (χ3n) is 13.6. The summed E-state index contributed by atoms with van der Waals surface area (Å²) in [6, 6.07) is -0.769. The van der Waals surface area contributed by atoms with Crippen LogP contribution in [0.2, 0.25) is 0 Å². The van der Waals surface area contributed by atoms with E-state index in [9.17, 15) is 19.4 Å². The SMILES string of the molecule is CC/C=C\C/C=C\C/C=C\C/C=C\C/C=C\C/C=C\C/C=C\C/C=C\CCCCCCCCCCCCC(=O)NC(COP(=O)(O)OCC[N+](C)(C)C)C(O)CCCCCCCCCCCCCCCCCCCC. The monoisotopic (exact) mass is 1070 g/mol. The number of rotatable bonds is 56. The highest BCUT2D eigenvalue weighted by molar-refractivity contribution is 7.47. The smallest absolute Gasteiger partial charge is 0.391 e. The van der Waals surface area contributed by atoms with Crippen molar-refractivity contribution >= 4 is 13.7 Å². The van der Waals surface area contributed by atoms with Crippen molar-refractivity contribution < 1.29 is 32.9 Å². The highest BCUT2D eigenvalue weighted by Crippen LogP contribution is 2.43. The Morgan fingerprint density at radius 1 is 0.467 bits per heavy atom. The highest BCUT2D eigenvalue weighted by Gasteiger charge is 2.28. The van der Waals surface area contributed by atoms with Gasteiger partial charge in [-0.2, -0.15) is 0 Å². The lowest BCUT2D eigenvalue weighted by Crippen LogP contribution is -2.46. The van der Waals surface area contributed by atoms with E-state index in [1.807, 2.05) is 21.1 Å². The van der Waals surface area contributed by atoms with Crippen molar-refractivity contribution in [1.82, 2.24) is 5.32 Å². The predicted molar refractivity (Wildman–Crippen MR) is 327 cm³/mol. The average Bonchev–Trinajstić information content (AvgIpc) is 3.37. The van der Waals surface area contributed by atoms with Gasteiger partial charge < -0.3 is 19.8 Å². The summed E-state index contributed by atoms with van der Waals surface area (Å²) in [7, 11) is 1.61. The maximum atomic E-state index is 13.0. The van der Waals surface area contributed by atoms with Gasteiger partial charge in [-0.3, -0.25) is 13.8 Å². The molecule has 0 rings (SSSR count). The van der Waals surface area contributed by atoms with Gasteiger partial charge in [-0.25, -0.2) is 4.57 Å². The summed E-state index contributed by atoms with van der Waals surface area (Å²) in [4.78, 5) is 23.4. The summed E-state index contributed by atoms with van der Waals surface area (Å²) in [5, 5.41) is 14.1. The van der Waals surface area contributed by atoms with Crippen molar-refractivity contribution in [2.24, 2.45) is 0 Å². The Kier molecular flexibility index (Phi) is 54.2. The number of phosphoric acid groups is 1. The van der Waals surface area contributed by atoms with Crippen LogP contribution in [0.3, 0.4) is 0 Å². The van der Waals surface area contributed by atoms with Gasteiger partial charge in [0.1, 0.15) is 13.2 Å². The molecule has 9 heteroatoms. The van der Waals surface area contributed by atoms with Gasteiger partial charge in [-0.15, -0.1) is 0 Å². The average molecular weight is 1070 g/mol. The summed E-state index contributed by atoms with van der Waals surface area (Å²) >= 11 is 0. The molecule has 75 heavy (non-hydrogen) atoms. The lowest BCUT2D eigenvalue weighted by Gasteiger charge is -2.26. The van der Waals surface area contributed by atoms with Crippen LogP contribution in [0.1, 0.15) is 264 Å².